The van der Waals surface area contributed by atoms with E-state index in [1.165, 1.54) is 6.33 Å². The average molecular weight is 353 g/mol. The first-order valence-corrected chi connectivity index (χ1v) is 8.66. The van der Waals surface area contributed by atoms with E-state index < -0.39 is 0 Å². The van der Waals surface area contributed by atoms with Crippen molar-refractivity contribution in [3.8, 4) is 0 Å². The number of carbonyl (C=O) groups excluding carboxylic acids is 2. The number of amides is 2. The molecule has 0 spiro atoms. The predicted molar refractivity (Wildman–Crippen MR) is 100 cm³/mol. The number of aryl methyl sites for hydroxylation is 2. The number of para-hydroxylation sites is 1. The minimum atomic E-state index is -0.256. The first-order chi connectivity index (χ1) is 12.5. The molecule has 0 atom stereocenters. The van der Waals surface area contributed by atoms with E-state index in [4.69, 9.17) is 0 Å². The van der Waals surface area contributed by atoms with Gasteiger partial charge in [-0.15, -0.1) is 0 Å². The summed E-state index contributed by atoms with van der Waals surface area (Å²) in [6.07, 6.45) is 1.41. The molecule has 1 saturated heterocycles. The lowest BCUT2D eigenvalue weighted by Crippen LogP contribution is -2.48. The van der Waals surface area contributed by atoms with Crippen molar-refractivity contribution in [2.75, 3.05) is 36.4 Å². The topological polar surface area (TPSA) is 78.4 Å². The summed E-state index contributed by atoms with van der Waals surface area (Å²) in [5.41, 5.74) is 3.15. The van der Waals surface area contributed by atoms with Crippen LogP contribution in [0.25, 0.3) is 0 Å². The number of hydrogen-bond acceptors (Lipinski definition) is 5. The molecule has 1 fully saturated rings. The highest BCUT2D eigenvalue weighted by atomic mass is 16.2. The van der Waals surface area contributed by atoms with Gasteiger partial charge in [-0.25, -0.2) is 9.97 Å². The van der Waals surface area contributed by atoms with Crippen molar-refractivity contribution >= 4 is 23.3 Å². The summed E-state index contributed by atoms with van der Waals surface area (Å²) < 4.78 is 0. The Hall–Kier alpha value is -2.96. The van der Waals surface area contributed by atoms with Crippen molar-refractivity contribution in [1.82, 2.24) is 14.9 Å². The zero-order valence-electron chi connectivity index (χ0n) is 15.3. The van der Waals surface area contributed by atoms with Crippen molar-refractivity contribution in [1.29, 1.82) is 0 Å². The fraction of sp³-hybridized carbons (Fsp3) is 0.368. The van der Waals surface area contributed by atoms with E-state index in [2.05, 4.69) is 20.2 Å². The molecule has 136 valence electrons. The first kappa shape index (κ1) is 17.8. The first-order valence-electron chi connectivity index (χ1n) is 8.66. The minimum absolute atomic E-state index is 0.0843. The highest BCUT2D eigenvalue weighted by Gasteiger charge is 2.21. The SMILES string of the molecule is CC(=O)N1CCN(c2cc(C(=O)Nc3c(C)cccc3C)ncn2)CC1. The van der Waals surface area contributed by atoms with Crippen LogP contribution < -0.4 is 10.2 Å². The quantitative estimate of drug-likeness (QED) is 0.913. The lowest BCUT2D eigenvalue weighted by molar-refractivity contribution is -0.129. The van der Waals surface area contributed by atoms with Crippen molar-refractivity contribution in [2.45, 2.75) is 20.8 Å². The third kappa shape index (κ3) is 3.82. The Kier molecular flexibility index (Phi) is 5.16. The molecule has 7 nitrogen and oxygen atoms in total. The Morgan fingerprint density at radius 1 is 1.04 bits per heavy atom. The van der Waals surface area contributed by atoms with Crippen LogP contribution in [0.3, 0.4) is 0 Å². The second kappa shape index (κ2) is 7.51. The number of nitrogens with one attached hydrogen (secondary N) is 1. The van der Waals surface area contributed by atoms with Gasteiger partial charge in [0.1, 0.15) is 17.8 Å². The lowest BCUT2D eigenvalue weighted by Gasteiger charge is -2.34. The molecule has 1 aromatic carbocycles. The molecule has 1 aliphatic rings. The Morgan fingerprint density at radius 3 is 2.31 bits per heavy atom. The number of piperazine rings is 1. The average Bonchev–Trinajstić information content (AvgIpc) is 2.65. The largest absolute Gasteiger partial charge is 0.353 e. The Labute approximate surface area is 153 Å². The zero-order chi connectivity index (χ0) is 18.7. The molecule has 0 radical (unpaired) electrons. The van der Waals surface area contributed by atoms with Gasteiger partial charge in [0, 0.05) is 44.9 Å². The van der Waals surface area contributed by atoms with Crippen LogP contribution in [0.15, 0.2) is 30.6 Å². The van der Waals surface area contributed by atoms with Gasteiger partial charge in [-0.3, -0.25) is 9.59 Å². The van der Waals surface area contributed by atoms with E-state index in [0.717, 1.165) is 16.8 Å². The fourth-order valence-electron chi connectivity index (χ4n) is 3.08. The predicted octanol–water partition coefficient (Wildman–Crippen LogP) is 2.01. The molecule has 0 aliphatic carbocycles. The van der Waals surface area contributed by atoms with Gasteiger partial charge >= 0.3 is 0 Å². The zero-order valence-corrected chi connectivity index (χ0v) is 15.3. The van der Waals surface area contributed by atoms with Crippen molar-refractivity contribution in [3.63, 3.8) is 0 Å². The van der Waals surface area contributed by atoms with Gasteiger partial charge in [0.25, 0.3) is 5.91 Å². The van der Waals surface area contributed by atoms with Crippen LogP contribution >= 0.6 is 0 Å². The molecule has 26 heavy (non-hydrogen) atoms. The van der Waals surface area contributed by atoms with Gasteiger partial charge in [-0.2, -0.15) is 0 Å². The summed E-state index contributed by atoms with van der Waals surface area (Å²) in [5.74, 6) is 0.532. The molecule has 1 N–H and O–H groups in total. The van der Waals surface area contributed by atoms with E-state index >= 15 is 0 Å². The number of benzene rings is 1. The van der Waals surface area contributed by atoms with Gasteiger partial charge < -0.3 is 15.1 Å². The Bertz CT molecular complexity index is 808. The number of carbonyl (C=O) groups is 2. The number of rotatable bonds is 3. The molecule has 1 aliphatic heterocycles. The molecule has 2 heterocycles. The molecule has 2 aromatic rings. The van der Waals surface area contributed by atoms with E-state index in [0.29, 0.717) is 37.7 Å². The van der Waals surface area contributed by atoms with Crippen LogP contribution in [0.5, 0.6) is 0 Å². The van der Waals surface area contributed by atoms with E-state index in [1.54, 1.807) is 13.0 Å². The van der Waals surface area contributed by atoms with Crippen molar-refractivity contribution in [2.24, 2.45) is 0 Å². The Balaban J connectivity index is 1.73. The maximum atomic E-state index is 12.6. The van der Waals surface area contributed by atoms with Crippen LogP contribution in [-0.2, 0) is 4.79 Å². The summed E-state index contributed by atoms with van der Waals surface area (Å²) in [5, 5.41) is 2.95. The second-order valence-electron chi connectivity index (χ2n) is 6.48. The maximum Gasteiger partial charge on any atom is 0.274 e. The Morgan fingerprint density at radius 2 is 1.69 bits per heavy atom. The number of hydrogen-bond donors (Lipinski definition) is 1. The summed E-state index contributed by atoms with van der Waals surface area (Å²) in [4.78, 5) is 36.4. The highest BCUT2D eigenvalue weighted by molar-refractivity contribution is 6.04. The number of nitrogens with zero attached hydrogens (tertiary/aromatic N) is 4. The van der Waals surface area contributed by atoms with Gasteiger partial charge in [0.15, 0.2) is 0 Å². The van der Waals surface area contributed by atoms with E-state index in [-0.39, 0.29) is 11.8 Å². The molecule has 1 aromatic heterocycles. The van der Waals surface area contributed by atoms with Gasteiger partial charge in [-0.1, -0.05) is 18.2 Å². The summed E-state index contributed by atoms with van der Waals surface area (Å²) in [6, 6.07) is 7.58. The monoisotopic (exact) mass is 353 g/mol. The molecule has 2 amide bonds. The van der Waals surface area contributed by atoms with Gasteiger partial charge in [-0.05, 0) is 25.0 Å². The van der Waals surface area contributed by atoms with Gasteiger partial charge in [0.2, 0.25) is 5.91 Å². The van der Waals surface area contributed by atoms with Crippen LogP contribution in [0.1, 0.15) is 28.5 Å². The highest BCUT2D eigenvalue weighted by Crippen LogP contribution is 2.21. The lowest BCUT2D eigenvalue weighted by atomic mass is 10.1. The minimum Gasteiger partial charge on any atom is -0.353 e. The van der Waals surface area contributed by atoms with Crippen LogP contribution in [0.2, 0.25) is 0 Å². The molecule has 7 heteroatoms. The standard InChI is InChI=1S/C19H23N5O2/c1-13-5-4-6-14(2)18(13)22-19(26)16-11-17(21-12-20-16)24-9-7-23(8-10-24)15(3)25/h4-6,11-12H,7-10H2,1-3H3,(H,22,26). The van der Waals surface area contributed by atoms with Crippen molar-refractivity contribution in [3.05, 3.63) is 47.4 Å². The summed E-state index contributed by atoms with van der Waals surface area (Å²) >= 11 is 0. The summed E-state index contributed by atoms with van der Waals surface area (Å²) in [7, 11) is 0. The normalized spacial score (nSPS) is 14.3. The van der Waals surface area contributed by atoms with Crippen molar-refractivity contribution < 1.29 is 9.59 Å². The number of anilines is 2. The third-order valence-electron chi connectivity index (χ3n) is 4.65. The maximum absolute atomic E-state index is 12.6. The molecular formula is C19H23N5O2. The van der Waals surface area contributed by atoms with Crippen LogP contribution in [-0.4, -0.2) is 52.9 Å². The molecule has 0 saturated carbocycles. The molecule has 0 unspecified atom stereocenters. The second-order valence-corrected chi connectivity index (χ2v) is 6.48. The van der Waals surface area contributed by atoms with Crippen LogP contribution in [0, 0.1) is 13.8 Å². The smallest absolute Gasteiger partial charge is 0.274 e. The summed E-state index contributed by atoms with van der Waals surface area (Å²) in [6.45, 7) is 8.19. The van der Waals surface area contributed by atoms with E-state index in [1.807, 2.05) is 36.9 Å². The third-order valence-corrected chi connectivity index (χ3v) is 4.65. The van der Waals surface area contributed by atoms with Crippen LogP contribution in [0.4, 0.5) is 11.5 Å². The number of aromatic nitrogens is 2. The molecule has 3 rings (SSSR count). The van der Waals surface area contributed by atoms with E-state index in [9.17, 15) is 9.59 Å². The molecule has 0 bridgehead atoms. The van der Waals surface area contributed by atoms with Gasteiger partial charge in [0.05, 0.1) is 0 Å². The fourth-order valence-corrected chi connectivity index (χ4v) is 3.08. The molecular weight excluding hydrogens is 330 g/mol.